The summed E-state index contributed by atoms with van der Waals surface area (Å²) in [6.45, 7) is 27.5. The molecule has 436 valence electrons. The first-order valence-electron chi connectivity index (χ1n) is 31.7. The van der Waals surface area contributed by atoms with Crippen LogP contribution in [0.3, 0.4) is 0 Å². The highest BCUT2D eigenvalue weighted by Gasteiger charge is 2.53. The van der Waals surface area contributed by atoms with Crippen LogP contribution in [0.2, 0.25) is 0 Å². The van der Waals surface area contributed by atoms with E-state index >= 15 is 0 Å². The van der Waals surface area contributed by atoms with Crippen molar-refractivity contribution in [2.45, 2.75) is 110 Å². The molecular weight excluding hydrogens is 1080 g/mol. The van der Waals surface area contributed by atoms with E-state index in [1.54, 1.807) is 0 Å². The van der Waals surface area contributed by atoms with Crippen molar-refractivity contribution >= 4 is 99.5 Å². The minimum Gasteiger partial charge on any atom is -0.455 e. The van der Waals surface area contributed by atoms with Crippen molar-refractivity contribution in [3.8, 4) is 22.3 Å². The summed E-state index contributed by atoms with van der Waals surface area (Å²) >= 11 is 0. The first-order valence-corrected chi connectivity index (χ1v) is 31.7. The van der Waals surface area contributed by atoms with E-state index in [1.807, 2.05) is 0 Å². The first kappa shape index (κ1) is 54.7. The van der Waals surface area contributed by atoms with E-state index in [0.717, 1.165) is 99.5 Å². The third-order valence-electron chi connectivity index (χ3n) is 19.7. The molecule has 0 unspecified atom stereocenters. The van der Waals surface area contributed by atoms with Gasteiger partial charge < -0.3 is 18.6 Å². The summed E-state index contributed by atoms with van der Waals surface area (Å²) in [5.74, 6) is 0. The Morgan fingerprint density at radius 1 is 0.292 bits per heavy atom. The van der Waals surface area contributed by atoms with Crippen LogP contribution >= 0.6 is 0 Å². The minimum absolute atomic E-state index is 0.0180. The number of rotatable bonds is 6. The Kier molecular flexibility index (Phi) is 11.8. The lowest BCUT2D eigenvalue weighted by atomic mass is 9.70. The number of para-hydroxylation sites is 2. The van der Waals surface area contributed by atoms with Crippen molar-refractivity contribution in [2.24, 2.45) is 0 Å². The maximum atomic E-state index is 7.31. The molecule has 0 bridgehead atoms. The molecule has 12 aromatic carbocycles. The van der Waals surface area contributed by atoms with Gasteiger partial charge in [0.15, 0.2) is 5.58 Å². The molecule has 0 atom stereocenters. The Balaban J connectivity index is 1.06. The molecule has 0 fully saturated rings. The van der Waals surface area contributed by atoms with Crippen molar-refractivity contribution in [3.05, 3.63) is 275 Å². The lowest BCUT2D eigenvalue weighted by Crippen LogP contribution is -2.26. The number of nitrogens with zero attached hydrogens (tertiary/aromatic N) is 2. The Morgan fingerprint density at radius 2 is 0.708 bits per heavy atom. The fourth-order valence-electron chi connectivity index (χ4n) is 15.0. The molecule has 0 amide bonds. The van der Waals surface area contributed by atoms with Crippen LogP contribution in [0.15, 0.2) is 239 Å². The third kappa shape index (κ3) is 8.25. The Morgan fingerprint density at radius 3 is 1.20 bits per heavy atom. The zero-order valence-electron chi connectivity index (χ0n) is 53.2. The highest BCUT2D eigenvalue weighted by molar-refractivity contribution is 6.27. The van der Waals surface area contributed by atoms with Crippen molar-refractivity contribution in [1.82, 2.24) is 0 Å². The average Bonchev–Trinajstić information content (AvgIpc) is 1.50. The van der Waals surface area contributed by atoms with E-state index in [4.69, 9.17) is 8.83 Å². The Labute approximate surface area is 522 Å². The second kappa shape index (κ2) is 19.2. The van der Waals surface area contributed by atoms with Gasteiger partial charge in [-0.05, 0) is 196 Å². The lowest BCUT2D eigenvalue weighted by molar-refractivity contribution is 0.590. The number of benzene rings is 12. The first-order chi connectivity index (χ1) is 42.7. The Hall–Kier alpha value is -9.64. The van der Waals surface area contributed by atoms with Crippen molar-refractivity contribution in [3.63, 3.8) is 0 Å². The summed E-state index contributed by atoms with van der Waals surface area (Å²) < 4.78 is 14.6. The molecule has 4 nitrogen and oxygen atoms in total. The summed E-state index contributed by atoms with van der Waals surface area (Å²) in [5, 5.41) is 8.85. The van der Waals surface area contributed by atoms with E-state index in [1.165, 1.54) is 66.8 Å². The quantitative estimate of drug-likeness (QED) is 0.166. The number of fused-ring (bicyclic) bond motifs is 21. The zero-order valence-corrected chi connectivity index (χ0v) is 53.2. The van der Waals surface area contributed by atoms with Gasteiger partial charge in [-0.25, -0.2) is 0 Å². The second-order valence-electron chi connectivity index (χ2n) is 29.3. The molecule has 0 radical (unpaired) electrons. The van der Waals surface area contributed by atoms with Gasteiger partial charge in [0.1, 0.15) is 16.7 Å². The summed E-state index contributed by atoms with van der Waals surface area (Å²) in [5.41, 5.74) is 24.0. The number of anilines is 6. The van der Waals surface area contributed by atoms with Gasteiger partial charge in [0, 0.05) is 49.7 Å². The molecule has 2 aromatic heterocycles. The van der Waals surface area contributed by atoms with Crippen molar-refractivity contribution in [1.29, 1.82) is 0 Å². The summed E-state index contributed by atoms with van der Waals surface area (Å²) in [7, 11) is 0. The normalized spacial score (nSPS) is 13.7. The van der Waals surface area contributed by atoms with Crippen LogP contribution in [0, 0.1) is 0 Å². The maximum Gasteiger partial charge on any atom is 0.160 e. The van der Waals surface area contributed by atoms with E-state index in [2.05, 4.69) is 323 Å². The second-order valence-corrected chi connectivity index (χ2v) is 29.3. The number of hydrogen-bond donors (Lipinski definition) is 0. The van der Waals surface area contributed by atoms with Gasteiger partial charge in [-0.3, -0.25) is 0 Å². The molecule has 0 saturated heterocycles. The molecule has 16 rings (SSSR count). The average molecular weight is 1160 g/mol. The molecule has 2 heterocycles. The van der Waals surface area contributed by atoms with Crippen molar-refractivity contribution < 1.29 is 8.83 Å². The van der Waals surface area contributed by atoms with Gasteiger partial charge in [0.2, 0.25) is 0 Å². The van der Waals surface area contributed by atoms with Gasteiger partial charge in [-0.2, -0.15) is 0 Å². The van der Waals surface area contributed by atoms with E-state index in [-0.39, 0.29) is 21.7 Å². The van der Waals surface area contributed by atoms with Gasteiger partial charge in [0.05, 0.1) is 16.8 Å². The summed E-state index contributed by atoms with van der Waals surface area (Å²) in [6.07, 6.45) is 0. The number of furan rings is 2. The molecule has 0 aliphatic heterocycles. The van der Waals surface area contributed by atoms with Crippen LogP contribution < -0.4 is 9.80 Å². The largest absolute Gasteiger partial charge is 0.455 e. The maximum absolute atomic E-state index is 7.31. The fourth-order valence-corrected chi connectivity index (χ4v) is 15.0. The van der Waals surface area contributed by atoms with Crippen LogP contribution in [0.1, 0.15) is 128 Å². The standard InChI is InChI=1S/C85H74N2O2/c1-81(2,3)52-29-37-56(38-30-52)86(57-39-31-53(32-40-57)82(4,5)6)72-50-71-76(65-46-45-63-62-23-15-19-27-74(62)88-79(63)78(65)72)67-49-66-51(47-70(67)85(71)68-25-17-13-21-60(68)61-22-14-18-26-69(61)85)48-73(80-77(66)64-24-16-20-28-75(64)89-80)87(58-41-33-54(34-42-58)83(7,8)9)59-43-35-55(36-44-59)84(10,11)12/h13-50H,1-12H3. The SMILES string of the molecule is CC(C)(C)c1ccc(N(c2ccc(C(C)(C)C)cc2)c2cc3cc4c(cc3c3c2oc2ccccc23)-c2c(cc(N(c3ccc(C(C)(C)C)cc3)c3ccc(C(C)(C)C)cc3)c3c2ccc2c5ccccc5oc23)C42c3ccccc3-c3ccccc32)cc1. The third-order valence-corrected chi connectivity index (χ3v) is 19.7. The molecule has 1 spiro atoms. The molecular formula is C85H74N2O2. The van der Waals surface area contributed by atoms with Crippen LogP contribution in [0.25, 0.3) is 87.7 Å². The van der Waals surface area contributed by atoms with Gasteiger partial charge in [-0.15, -0.1) is 0 Å². The predicted octanol–water partition coefficient (Wildman–Crippen LogP) is 24.3. The molecule has 2 aliphatic carbocycles. The molecule has 2 aliphatic rings. The smallest absolute Gasteiger partial charge is 0.160 e. The fraction of sp³-hybridized carbons (Fsp3) is 0.200. The van der Waals surface area contributed by atoms with Crippen LogP contribution in [-0.4, -0.2) is 0 Å². The van der Waals surface area contributed by atoms with E-state index in [0.29, 0.717) is 0 Å². The van der Waals surface area contributed by atoms with Crippen molar-refractivity contribution in [2.75, 3.05) is 9.80 Å². The molecule has 4 heteroatoms. The lowest BCUT2D eigenvalue weighted by Gasteiger charge is -2.33. The topological polar surface area (TPSA) is 32.8 Å². The summed E-state index contributed by atoms with van der Waals surface area (Å²) in [4.78, 5) is 4.94. The van der Waals surface area contributed by atoms with Gasteiger partial charge in [0.25, 0.3) is 0 Å². The van der Waals surface area contributed by atoms with Crippen LogP contribution in [0.4, 0.5) is 34.1 Å². The number of hydrogen-bond acceptors (Lipinski definition) is 4. The van der Waals surface area contributed by atoms with Gasteiger partial charge in [-0.1, -0.05) is 223 Å². The predicted molar refractivity (Wildman–Crippen MR) is 376 cm³/mol. The highest BCUT2D eigenvalue weighted by Crippen LogP contribution is 2.66. The van der Waals surface area contributed by atoms with E-state index < -0.39 is 5.41 Å². The zero-order chi connectivity index (χ0) is 61.3. The molecule has 14 aromatic rings. The van der Waals surface area contributed by atoms with Crippen LogP contribution in [0.5, 0.6) is 0 Å². The van der Waals surface area contributed by atoms with Crippen LogP contribution in [-0.2, 0) is 27.1 Å². The Bertz CT molecular complexity index is 5040. The van der Waals surface area contributed by atoms with Gasteiger partial charge >= 0.3 is 0 Å². The minimum atomic E-state index is -0.742. The summed E-state index contributed by atoms with van der Waals surface area (Å²) in [6, 6.07) is 87.3. The molecule has 89 heavy (non-hydrogen) atoms. The van der Waals surface area contributed by atoms with E-state index in [9.17, 15) is 0 Å². The monoisotopic (exact) mass is 1150 g/mol. The molecule has 0 N–H and O–H groups in total. The molecule has 0 saturated carbocycles. The highest BCUT2D eigenvalue weighted by atomic mass is 16.3.